The van der Waals surface area contributed by atoms with Gasteiger partial charge in [0.2, 0.25) is 0 Å². The minimum absolute atomic E-state index is 0.0667. The number of nitrogens with one attached hydrogen (secondary N) is 1. The van der Waals surface area contributed by atoms with Crippen molar-refractivity contribution in [3.8, 4) is 0 Å². The molecule has 1 amide bonds. The fraction of sp³-hybridized carbons (Fsp3) is 0.579. The van der Waals surface area contributed by atoms with Gasteiger partial charge in [-0.3, -0.25) is 4.79 Å². The number of ether oxygens (including phenoxy) is 2. The topological polar surface area (TPSA) is 64.6 Å². The molecular weight excluding hydrogens is 306 g/mol. The summed E-state index contributed by atoms with van der Waals surface area (Å²) in [5.74, 6) is -0.295. The first-order valence-electron chi connectivity index (χ1n) is 8.65. The van der Waals surface area contributed by atoms with Crippen LogP contribution in [-0.4, -0.2) is 24.2 Å². The summed E-state index contributed by atoms with van der Waals surface area (Å²) in [6.07, 6.45) is 6.86. The van der Waals surface area contributed by atoms with Crippen molar-refractivity contribution in [3.05, 3.63) is 34.6 Å². The lowest BCUT2D eigenvalue weighted by Gasteiger charge is -2.35. The standard InChI is InChI=1S/C19H23NO4/c1-10-7-14(24-18(10)22)23-9-13-12-8-11-5-4-6-19(2,3)15(11)16(12)20-17(13)21/h7,9,12,14,16H,4-6,8H2,1-3H3,(H,20,21). The van der Waals surface area contributed by atoms with Crippen LogP contribution in [0, 0.1) is 11.3 Å². The lowest BCUT2D eigenvalue weighted by atomic mass is 9.72. The summed E-state index contributed by atoms with van der Waals surface area (Å²) in [4.78, 5) is 23.8. The van der Waals surface area contributed by atoms with Gasteiger partial charge in [-0.2, -0.15) is 0 Å². The second-order valence-electron chi connectivity index (χ2n) is 7.85. The number of esters is 1. The highest BCUT2D eigenvalue weighted by molar-refractivity contribution is 5.97. The monoisotopic (exact) mass is 329 g/mol. The van der Waals surface area contributed by atoms with Crippen LogP contribution in [0.2, 0.25) is 0 Å². The van der Waals surface area contributed by atoms with Crippen LogP contribution in [0.5, 0.6) is 0 Å². The lowest BCUT2D eigenvalue weighted by Crippen LogP contribution is -2.35. The van der Waals surface area contributed by atoms with Crippen molar-refractivity contribution in [2.75, 3.05) is 0 Å². The third kappa shape index (κ3) is 2.29. The first kappa shape index (κ1) is 15.5. The summed E-state index contributed by atoms with van der Waals surface area (Å²) in [6, 6.07) is 0.0982. The average molecular weight is 329 g/mol. The van der Waals surface area contributed by atoms with Crippen molar-refractivity contribution in [3.63, 3.8) is 0 Å². The Kier molecular flexibility index (Phi) is 3.37. The molecule has 4 rings (SSSR count). The summed E-state index contributed by atoms with van der Waals surface area (Å²) >= 11 is 0. The molecule has 3 unspecified atom stereocenters. The van der Waals surface area contributed by atoms with Gasteiger partial charge < -0.3 is 14.8 Å². The van der Waals surface area contributed by atoms with E-state index in [1.165, 1.54) is 30.2 Å². The Hall–Kier alpha value is -2.04. The molecular formula is C19H23NO4. The predicted octanol–water partition coefficient (Wildman–Crippen LogP) is 2.74. The van der Waals surface area contributed by atoms with E-state index in [0.29, 0.717) is 11.1 Å². The van der Waals surface area contributed by atoms with Crippen LogP contribution < -0.4 is 5.32 Å². The molecule has 2 aliphatic carbocycles. The molecule has 0 spiro atoms. The highest BCUT2D eigenvalue weighted by atomic mass is 16.7. The van der Waals surface area contributed by atoms with Crippen molar-refractivity contribution in [1.82, 2.24) is 5.32 Å². The Morgan fingerprint density at radius 1 is 1.38 bits per heavy atom. The van der Waals surface area contributed by atoms with Crippen molar-refractivity contribution in [1.29, 1.82) is 0 Å². The summed E-state index contributed by atoms with van der Waals surface area (Å²) in [7, 11) is 0. The van der Waals surface area contributed by atoms with E-state index >= 15 is 0 Å². The number of rotatable bonds is 2. The van der Waals surface area contributed by atoms with Crippen LogP contribution in [0.4, 0.5) is 0 Å². The number of fused-ring (bicyclic) bond motifs is 2. The van der Waals surface area contributed by atoms with Gasteiger partial charge in [-0.1, -0.05) is 19.4 Å². The predicted molar refractivity (Wildman–Crippen MR) is 87.5 cm³/mol. The van der Waals surface area contributed by atoms with Crippen molar-refractivity contribution in [2.24, 2.45) is 11.3 Å². The van der Waals surface area contributed by atoms with Gasteiger partial charge in [0.1, 0.15) is 0 Å². The quantitative estimate of drug-likeness (QED) is 0.366. The SMILES string of the molecule is CC1=CC(OC=C2C(=O)NC3C4=C(CCCC4(C)C)CC23)OC1=O. The van der Waals surface area contributed by atoms with Gasteiger partial charge in [-0.15, -0.1) is 0 Å². The maximum atomic E-state index is 12.4. The lowest BCUT2D eigenvalue weighted by molar-refractivity contribution is -0.152. The van der Waals surface area contributed by atoms with Gasteiger partial charge in [-0.25, -0.2) is 4.79 Å². The first-order chi connectivity index (χ1) is 11.4. The third-order valence-electron chi connectivity index (χ3n) is 5.78. The summed E-state index contributed by atoms with van der Waals surface area (Å²) in [5, 5.41) is 3.15. The minimum Gasteiger partial charge on any atom is -0.458 e. The van der Waals surface area contributed by atoms with Crippen LogP contribution >= 0.6 is 0 Å². The molecule has 0 radical (unpaired) electrons. The van der Waals surface area contributed by atoms with Crippen molar-refractivity contribution >= 4 is 11.9 Å². The van der Waals surface area contributed by atoms with Gasteiger partial charge in [0, 0.05) is 17.6 Å². The maximum absolute atomic E-state index is 12.4. The van der Waals surface area contributed by atoms with E-state index in [1.807, 2.05) is 0 Å². The number of amides is 1. The second kappa shape index (κ2) is 5.23. The molecule has 1 saturated heterocycles. The van der Waals surface area contributed by atoms with E-state index in [2.05, 4.69) is 19.2 Å². The maximum Gasteiger partial charge on any atom is 0.336 e. The minimum atomic E-state index is -0.725. The zero-order chi connectivity index (χ0) is 17.1. The van der Waals surface area contributed by atoms with E-state index in [9.17, 15) is 9.59 Å². The fourth-order valence-corrected chi connectivity index (χ4v) is 4.64. The van der Waals surface area contributed by atoms with Gasteiger partial charge in [0.15, 0.2) is 0 Å². The third-order valence-corrected chi connectivity index (χ3v) is 5.78. The molecule has 1 N–H and O–H groups in total. The zero-order valence-electron chi connectivity index (χ0n) is 14.3. The number of carbonyl (C=O) groups is 2. The normalized spacial score (nSPS) is 35.5. The van der Waals surface area contributed by atoms with Gasteiger partial charge in [0.25, 0.3) is 12.2 Å². The van der Waals surface area contributed by atoms with Crippen LogP contribution in [0.15, 0.2) is 34.6 Å². The average Bonchev–Trinajstić information content (AvgIpc) is 3.10. The summed E-state index contributed by atoms with van der Waals surface area (Å²) in [5.41, 5.74) is 4.29. The van der Waals surface area contributed by atoms with Crippen LogP contribution in [-0.2, 0) is 19.1 Å². The number of cyclic esters (lactones) is 1. The molecule has 0 aromatic rings. The number of hydrogen-bond acceptors (Lipinski definition) is 4. The van der Waals surface area contributed by atoms with Crippen LogP contribution in [0.3, 0.4) is 0 Å². The molecule has 24 heavy (non-hydrogen) atoms. The van der Waals surface area contributed by atoms with Gasteiger partial charge in [0.05, 0.1) is 17.9 Å². The van der Waals surface area contributed by atoms with E-state index in [4.69, 9.17) is 9.47 Å². The molecule has 1 fully saturated rings. The van der Waals surface area contributed by atoms with Crippen LogP contribution in [0.1, 0.15) is 46.5 Å². The largest absolute Gasteiger partial charge is 0.458 e. The molecule has 0 bridgehead atoms. The molecule has 0 saturated carbocycles. The second-order valence-corrected chi connectivity index (χ2v) is 7.85. The molecule has 3 atom stereocenters. The molecule has 5 nitrogen and oxygen atoms in total. The summed E-state index contributed by atoms with van der Waals surface area (Å²) < 4.78 is 10.6. The number of hydrogen-bond donors (Lipinski definition) is 1. The number of carbonyl (C=O) groups excluding carboxylic acids is 2. The summed E-state index contributed by atoms with van der Waals surface area (Å²) in [6.45, 7) is 6.24. The zero-order valence-corrected chi connectivity index (χ0v) is 14.3. The van der Waals surface area contributed by atoms with E-state index in [0.717, 1.165) is 12.8 Å². The van der Waals surface area contributed by atoms with E-state index < -0.39 is 6.29 Å². The Labute approximate surface area is 141 Å². The highest BCUT2D eigenvalue weighted by Crippen LogP contribution is 2.53. The Morgan fingerprint density at radius 3 is 2.88 bits per heavy atom. The molecule has 4 aliphatic rings. The molecule has 5 heteroatoms. The highest BCUT2D eigenvalue weighted by Gasteiger charge is 2.50. The molecule has 2 aliphatic heterocycles. The van der Waals surface area contributed by atoms with Gasteiger partial charge in [-0.05, 0) is 43.6 Å². The molecule has 2 heterocycles. The molecule has 0 aromatic carbocycles. The van der Waals surface area contributed by atoms with E-state index in [-0.39, 0.29) is 29.3 Å². The Balaban J connectivity index is 1.55. The first-order valence-corrected chi connectivity index (χ1v) is 8.65. The smallest absolute Gasteiger partial charge is 0.336 e. The molecule has 0 aromatic heterocycles. The fourth-order valence-electron chi connectivity index (χ4n) is 4.64. The molecule has 128 valence electrons. The van der Waals surface area contributed by atoms with Crippen LogP contribution in [0.25, 0.3) is 0 Å². The van der Waals surface area contributed by atoms with Crippen molar-refractivity contribution in [2.45, 2.75) is 58.8 Å². The Bertz CT molecular complexity index is 713. The Morgan fingerprint density at radius 2 is 2.17 bits per heavy atom. The number of allylic oxidation sites excluding steroid dienone is 1. The van der Waals surface area contributed by atoms with E-state index in [1.54, 1.807) is 13.0 Å². The van der Waals surface area contributed by atoms with Gasteiger partial charge >= 0.3 is 5.97 Å². The van der Waals surface area contributed by atoms with Crippen molar-refractivity contribution < 1.29 is 19.1 Å².